The maximum atomic E-state index is 12.0. The highest BCUT2D eigenvalue weighted by molar-refractivity contribution is 5.93. The lowest BCUT2D eigenvalue weighted by atomic mass is 9.85. The molecule has 1 amide bonds. The Kier molecular flexibility index (Phi) is 5.81. The van der Waals surface area contributed by atoms with Crippen molar-refractivity contribution in [3.05, 3.63) is 29.8 Å². The highest BCUT2D eigenvalue weighted by atomic mass is 16.1. The number of anilines is 1. The SMILES string of the molecule is CCN(CC)C(N)=NCc1cccc(NC(=O)C2CCC2)c1. The molecule has 1 fully saturated rings. The molecule has 1 aliphatic rings. The first-order chi connectivity index (χ1) is 10.6. The van der Waals surface area contributed by atoms with Gasteiger partial charge in [-0.05, 0) is 44.4 Å². The Labute approximate surface area is 132 Å². The zero-order valence-electron chi connectivity index (χ0n) is 13.5. The van der Waals surface area contributed by atoms with Gasteiger partial charge in [-0.1, -0.05) is 18.6 Å². The Balaban J connectivity index is 1.96. The fourth-order valence-electron chi connectivity index (χ4n) is 2.48. The molecule has 0 bridgehead atoms. The molecular formula is C17H26N4O. The van der Waals surface area contributed by atoms with Gasteiger partial charge in [-0.3, -0.25) is 4.79 Å². The summed E-state index contributed by atoms with van der Waals surface area (Å²) in [5, 5.41) is 2.99. The van der Waals surface area contributed by atoms with Crippen molar-refractivity contribution in [3.63, 3.8) is 0 Å². The van der Waals surface area contributed by atoms with Crippen molar-refractivity contribution in [2.75, 3.05) is 18.4 Å². The molecular weight excluding hydrogens is 276 g/mol. The van der Waals surface area contributed by atoms with Crippen LogP contribution in [0.5, 0.6) is 0 Å². The highest BCUT2D eigenvalue weighted by Crippen LogP contribution is 2.27. The van der Waals surface area contributed by atoms with E-state index in [1.165, 1.54) is 0 Å². The molecule has 0 aliphatic heterocycles. The Morgan fingerprint density at radius 1 is 1.36 bits per heavy atom. The zero-order chi connectivity index (χ0) is 15.9. The van der Waals surface area contributed by atoms with E-state index in [0.717, 1.165) is 43.6 Å². The van der Waals surface area contributed by atoms with Gasteiger partial charge in [0.15, 0.2) is 5.96 Å². The smallest absolute Gasteiger partial charge is 0.227 e. The van der Waals surface area contributed by atoms with E-state index in [1.807, 2.05) is 29.2 Å². The van der Waals surface area contributed by atoms with Crippen LogP contribution in [0.15, 0.2) is 29.3 Å². The molecule has 0 spiro atoms. The molecule has 0 heterocycles. The molecule has 3 N–H and O–H groups in total. The Hall–Kier alpha value is -2.04. The van der Waals surface area contributed by atoms with Crippen molar-refractivity contribution in [2.24, 2.45) is 16.6 Å². The summed E-state index contributed by atoms with van der Waals surface area (Å²) in [6.45, 7) is 6.34. The lowest BCUT2D eigenvalue weighted by Crippen LogP contribution is -2.37. The molecule has 1 aliphatic carbocycles. The molecule has 5 nitrogen and oxygen atoms in total. The number of rotatable bonds is 6. The topological polar surface area (TPSA) is 70.7 Å². The van der Waals surface area contributed by atoms with Crippen LogP contribution in [-0.4, -0.2) is 29.9 Å². The summed E-state index contributed by atoms with van der Waals surface area (Å²) in [7, 11) is 0. The van der Waals surface area contributed by atoms with Crippen LogP contribution in [0.2, 0.25) is 0 Å². The van der Waals surface area contributed by atoms with Gasteiger partial charge < -0.3 is 16.0 Å². The summed E-state index contributed by atoms with van der Waals surface area (Å²) < 4.78 is 0. The van der Waals surface area contributed by atoms with Crippen molar-refractivity contribution in [1.29, 1.82) is 0 Å². The summed E-state index contributed by atoms with van der Waals surface area (Å²) in [4.78, 5) is 18.4. The van der Waals surface area contributed by atoms with E-state index in [9.17, 15) is 4.79 Å². The van der Waals surface area contributed by atoms with Crippen LogP contribution in [0.3, 0.4) is 0 Å². The number of hydrogen-bond donors (Lipinski definition) is 2. The summed E-state index contributed by atoms with van der Waals surface area (Å²) in [5.41, 5.74) is 7.86. The molecule has 2 rings (SSSR count). The zero-order valence-corrected chi connectivity index (χ0v) is 13.5. The highest BCUT2D eigenvalue weighted by Gasteiger charge is 2.25. The number of nitrogens with one attached hydrogen (secondary N) is 1. The fraction of sp³-hybridized carbons (Fsp3) is 0.529. The minimum absolute atomic E-state index is 0.134. The van der Waals surface area contributed by atoms with Gasteiger partial charge in [-0.2, -0.15) is 0 Å². The number of guanidine groups is 1. The van der Waals surface area contributed by atoms with Crippen molar-refractivity contribution < 1.29 is 4.79 Å². The minimum Gasteiger partial charge on any atom is -0.370 e. The van der Waals surface area contributed by atoms with E-state index in [0.29, 0.717) is 12.5 Å². The van der Waals surface area contributed by atoms with Crippen LogP contribution in [0.25, 0.3) is 0 Å². The molecule has 0 radical (unpaired) electrons. The third-order valence-corrected chi connectivity index (χ3v) is 4.18. The molecule has 0 aromatic heterocycles. The number of nitrogens with two attached hydrogens (primary N) is 1. The lowest BCUT2D eigenvalue weighted by molar-refractivity contribution is -0.122. The van der Waals surface area contributed by atoms with Gasteiger partial charge in [0.05, 0.1) is 6.54 Å². The number of amides is 1. The van der Waals surface area contributed by atoms with Gasteiger partial charge in [0.1, 0.15) is 0 Å². The van der Waals surface area contributed by atoms with Crippen LogP contribution in [0.4, 0.5) is 5.69 Å². The Morgan fingerprint density at radius 3 is 2.68 bits per heavy atom. The second kappa shape index (κ2) is 7.82. The number of carbonyl (C=O) groups excluding carboxylic acids is 1. The van der Waals surface area contributed by atoms with Gasteiger partial charge in [0, 0.05) is 24.7 Å². The predicted octanol–water partition coefficient (Wildman–Crippen LogP) is 2.58. The molecule has 1 saturated carbocycles. The fourth-order valence-corrected chi connectivity index (χ4v) is 2.48. The first-order valence-electron chi connectivity index (χ1n) is 8.08. The van der Waals surface area contributed by atoms with Gasteiger partial charge in [-0.15, -0.1) is 0 Å². The first-order valence-corrected chi connectivity index (χ1v) is 8.08. The summed E-state index contributed by atoms with van der Waals surface area (Å²) in [6.07, 6.45) is 3.18. The van der Waals surface area contributed by atoms with Crippen molar-refractivity contribution in [1.82, 2.24) is 4.90 Å². The van der Waals surface area contributed by atoms with E-state index in [-0.39, 0.29) is 11.8 Å². The monoisotopic (exact) mass is 302 g/mol. The average molecular weight is 302 g/mol. The van der Waals surface area contributed by atoms with E-state index in [1.54, 1.807) is 0 Å². The van der Waals surface area contributed by atoms with Gasteiger partial charge in [-0.25, -0.2) is 4.99 Å². The van der Waals surface area contributed by atoms with Crippen molar-refractivity contribution in [2.45, 2.75) is 39.7 Å². The minimum atomic E-state index is 0.134. The van der Waals surface area contributed by atoms with E-state index in [4.69, 9.17) is 5.73 Å². The molecule has 120 valence electrons. The van der Waals surface area contributed by atoms with Gasteiger partial charge in [0.25, 0.3) is 0 Å². The first kappa shape index (κ1) is 16.3. The number of benzene rings is 1. The van der Waals surface area contributed by atoms with E-state index in [2.05, 4.69) is 24.2 Å². The normalized spacial score (nSPS) is 15.3. The maximum Gasteiger partial charge on any atom is 0.227 e. The summed E-state index contributed by atoms with van der Waals surface area (Å²) in [5.74, 6) is 0.892. The quantitative estimate of drug-likeness (QED) is 0.627. The molecule has 0 saturated heterocycles. The molecule has 1 aromatic carbocycles. The standard InChI is InChI=1S/C17H26N4O/c1-3-21(4-2)17(18)19-12-13-7-5-10-15(11-13)20-16(22)14-8-6-9-14/h5,7,10-11,14H,3-4,6,8-9,12H2,1-2H3,(H2,18,19)(H,20,22). The third kappa shape index (κ3) is 4.23. The van der Waals surface area contributed by atoms with Crippen molar-refractivity contribution >= 4 is 17.6 Å². The van der Waals surface area contributed by atoms with Gasteiger partial charge in [0.2, 0.25) is 5.91 Å². The average Bonchev–Trinajstić information content (AvgIpc) is 2.45. The van der Waals surface area contributed by atoms with E-state index < -0.39 is 0 Å². The van der Waals surface area contributed by atoms with Crippen molar-refractivity contribution in [3.8, 4) is 0 Å². The number of aliphatic imine (C=N–C) groups is 1. The molecule has 1 aromatic rings. The second-order valence-electron chi connectivity index (χ2n) is 5.66. The molecule has 0 unspecified atom stereocenters. The summed E-state index contributed by atoms with van der Waals surface area (Å²) in [6, 6.07) is 7.82. The van der Waals surface area contributed by atoms with Crippen LogP contribution in [-0.2, 0) is 11.3 Å². The third-order valence-electron chi connectivity index (χ3n) is 4.18. The Morgan fingerprint density at radius 2 is 2.09 bits per heavy atom. The number of carbonyl (C=O) groups is 1. The van der Waals surface area contributed by atoms with Gasteiger partial charge >= 0.3 is 0 Å². The van der Waals surface area contributed by atoms with Crippen LogP contribution in [0, 0.1) is 5.92 Å². The maximum absolute atomic E-state index is 12.0. The predicted molar refractivity (Wildman–Crippen MR) is 90.7 cm³/mol. The molecule has 0 atom stereocenters. The number of nitrogens with zero attached hydrogens (tertiary/aromatic N) is 2. The largest absolute Gasteiger partial charge is 0.370 e. The van der Waals surface area contributed by atoms with Crippen LogP contribution < -0.4 is 11.1 Å². The van der Waals surface area contributed by atoms with Crippen LogP contribution >= 0.6 is 0 Å². The lowest BCUT2D eigenvalue weighted by Gasteiger charge is -2.24. The molecule has 22 heavy (non-hydrogen) atoms. The summed E-state index contributed by atoms with van der Waals surface area (Å²) >= 11 is 0. The number of hydrogen-bond acceptors (Lipinski definition) is 2. The van der Waals surface area contributed by atoms with Crippen LogP contribution in [0.1, 0.15) is 38.7 Å². The second-order valence-corrected chi connectivity index (χ2v) is 5.66. The van der Waals surface area contributed by atoms with E-state index >= 15 is 0 Å². The Bertz CT molecular complexity index is 533. The molecule has 5 heteroatoms.